The number of ether oxygens (including phenoxy) is 1. The van der Waals surface area contributed by atoms with E-state index in [9.17, 15) is 0 Å². The van der Waals surface area contributed by atoms with Crippen molar-refractivity contribution in [3.05, 3.63) is 23.8 Å². The Labute approximate surface area is 97.2 Å². The summed E-state index contributed by atoms with van der Waals surface area (Å²) in [5.41, 5.74) is 7.82. The van der Waals surface area contributed by atoms with Crippen LogP contribution < -0.4 is 10.5 Å². The van der Waals surface area contributed by atoms with E-state index in [0.717, 1.165) is 23.9 Å². The summed E-state index contributed by atoms with van der Waals surface area (Å²) in [6, 6.07) is 5.93. The summed E-state index contributed by atoms with van der Waals surface area (Å²) >= 11 is 0. The lowest BCUT2D eigenvalue weighted by Gasteiger charge is -2.17. The molecule has 88 valence electrons. The molecule has 1 aromatic rings. The minimum absolute atomic E-state index is 0.772. The Kier molecular flexibility index (Phi) is 3.34. The Hall–Kier alpha value is -1.22. The summed E-state index contributed by atoms with van der Waals surface area (Å²) in [6.45, 7) is 2.13. The smallest absolute Gasteiger partial charge is 0.121 e. The molecular weight excluding hydrogens is 200 g/mol. The minimum atomic E-state index is 0.772. The average molecular weight is 220 g/mol. The monoisotopic (exact) mass is 220 g/mol. The maximum absolute atomic E-state index is 5.83. The number of hydrogen-bond acceptors (Lipinski definition) is 3. The second-order valence-corrected chi connectivity index (χ2v) is 4.75. The molecular formula is C13H20N2O. The van der Waals surface area contributed by atoms with Crippen molar-refractivity contribution in [1.29, 1.82) is 0 Å². The molecule has 0 spiro atoms. The van der Waals surface area contributed by atoms with Crippen molar-refractivity contribution in [2.24, 2.45) is 5.92 Å². The Morgan fingerprint density at radius 1 is 1.38 bits per heavy atom. The number of anilines is 1. The molecule has 16 heavy (non-hydrogen) atoms. The number of hydrogen-bond donors (Lipinski definition) is 1. The highest BCUT2D eigenvalue weighted by Gasteiger charge is 2.22. The van der Waals surface area contributed by atoms with Crippen LogP contribution in [0.4, 0.5) is 5.69 Å². The molecule has 1 aliphatic carbocycles. The van der Waals surface area contributed by atoms with E-state index in [1.54, 1.807) is 7.11 Å². The highest BCUT2D eigenvalue weighted by atomic mass is 16.5. The number of nitrogens with zero attached hydrogens (tertiary/aromatic N) is 1. The molecule has 1 saturated carbocycles. The maximum atomic E-state index is 5.83. The van der Waals surface area contributed by atoms with Crippen LogP contribution in [0.25, 0.3) is 0 Å². The van der Waals surface area contributed by atoms with Gasteiger partial charge >= 0.3 is 0 Å². The lowest BCUT2D eigenvalue weighted by molar-refractivity contribution is 0.312. The Bertz CT molecular complexity index is 361. The Morgan fingerprint density at radius 2 is 2.12 bits per heavy atom. The van der Waals surface area contributed by atoms with Gasteiger partial charge < -0.3 is 15.4 Å². The van der Waals surface area contributed by atoms with Crippen LogP contribution in [0, 0.1) is 5.92 Å². The van der Waals surface area contributed by atoms with E-state index in [0.29, 0.717) is 0 Å². The summed E-state index contributed by atoms with van der Waals surface area (Å²) in [6.07, 6.45) is 2.79. The molecule has 0 aromatic heterocycles. The summed E-state index contributed by atoms with van der Waals surface area (Å²) in [5, 5.41) is 0. The number of methoxy groups -OCH3 is 1. The molecule has 3 heteroatoms. The van der Waals surface area contributed by atoms with Gasteiger partial charge in [0.1, 0.15) is 5.75 Å². The highest BCUT2D eigenvalue weighted by molar-refractivity contribution is 5.47. The summed E-state index contributed by atoms with van der Waals surface area (Å²) < 4.78 is 5.21. The summed E-state index contributed by atoms with van der Waals surface area (Å²) in [7, 11) is 3.83. The van der Waals surface area contributed by atoms with E-state index in [-0.39, 0.29) is 0 Å². The SMILES string of the molecule is COc1cc(N)cc(CN(C)CC2CC2)c1. The van der Waals surface area contributed by atoms with Gasteiger partial charge in [-0.3, -0.25) is 0 Å². The van der Waals surface area contributed by atoms with Gasteiger partial charge in [-0.1, -0.05) is 0 Å². The molecule has 0 bridgehead atoms. The topological polar surface area (TPSA) is 38.5 Å². The fourth-order valence-corrected chi connectivity index (χ4v) is 2.01. The molecule has 3 nitrogen and oxygen atoms in total. The van der Waals surface area contributed by atoms with Crippen LogP contribution in [-0.4, -0.2) is 25.6 Å². The van der Waals surface area contributed by atoms with E-state index in [2.05, 4.69) is 18.0 Å². The molecule has 0 heterocycles. The van der Waals surface area contributed by atoms with E-state index in [1.165, 1.54) is 24.9 Å². The third-order valence-corrected chi connectivity index (χ3v) is 2.94. The van der Waals surface area contributed by atoms with Crippen LogP contribution in [0.5, 0.6) is 5.75 Å². The molecule has 1 aromatic carbocycles. The molecule has 1 fully saturated rings. The van der Waals surface area contributed by atoms with Crippen molar-refractivity contribution in [3.63, 3.8) is 0 Å². The highest BCUT2D eigenvalue weighted by Crippen LogP contribution is 2.30. The van der Waals surface area contributed by atoms with Gasteiger partial charge in [0, 0.05) is 24.8 Å². The van der Waals surface area contributed by atoms with Gasteiger partial charge in [0.25, 0.3) is 0 Å². The molecule has 0 amide bonds. The van der Waals surface area contributed by atoms with Gasteiger partial charge in [-0.05, 0) is 43.5 Å². The first-order valence-electron chi connectivity index (χ1n) is 5.79. The molecule has 0 aliphatic heterocycles. The predicted molar refractivity (Wildman–Crippen MR) is 66.5 cm³/mol. The molecule has 0 radical (unpaired) electrons. The zero-order valence-corrected chi connectivity index (χ0v) is 10.1. The van der Waals surface area contributed by atoms with Crippen LogP contribution in [0.3, 0.4) is 0 Å². The van der Waals surface area contributed by atoms with E-state index in [4.69, 9.17) is 10.5 Å². The lowest BCUT2D eigenvalue weighted by atomic mass is 10.1. The summed E-state index contributed by atoms with van der Waals surface area (Å²) in [5.74, 6) is 1.77. The lowest BCUT2D eigenvalue weighted by Crippen LogP contribution is -2.20. The normalized spacial score (nSPS) is 15.4. The van der Waals surface area contributed by atoms with Crippen LogP contribution in [0.1, 0.15) is 18.4 Å². The number of nitrogen functional groups attached to an aromatic ring is 1. The zero-order valence-electron chi connectivity index (χ0n) is 10.1. The van der Waals surface area contributed by atoms with Crippen LogP contribution in [-0.2, 0) is 6.54 Å². The number of benzene rings is 1. The second-order valence-electron chi connectivity index (χ2n) is 4.75. The minimum Gasteiger partial charge on any atom is -0.497 e. The third-order valence-electron chi connectivity index (χ3n) is 2.94. The largest absolute Gasteiger partial charge is 0.497 e. The van der Waals surface area contributed by atoms with Gasteiger partial charge in [-0.25, -0.2) is 0 Å². The standard InChI is InChI=1S/C13H20N2O/c1-15(8-10-3-4-10)9-11-5-12(14)7-13(6-11)16-2/h5-7,10H,3-4,8-9,14H2,1-2H3. The molecule has 1 aliphatic rings. The van der Waals surface area contributed by atoms with E-state index >= 15 is 0 Å². The van der Waals surface area contributed by atoms with Gasteiger partial charge in [-0.15, -0.1) is 0 Å². The summed E-state index contributed by atoms with van der Waals surface area (Å²) in [4.78, 5) is 2.35. The molecule has 0 saturated heterocycles. The van der Waals surface area contributed by atoms with Gasteiger partial charge in [-0.2, -0.15) is 0 Å². The first-order valence-corrected chi connectivity index (χ1v) is 5.79. The van der Waals surface area contributed by atoms with E-state index in [1.807, 2.05) is 12.1 Å². The van der Waals surface area contributed by atoms with Gasteiger partial charge in [0.15, 0.2) is 0 Å². The fraction of sp³-hybridized carbons (Fsp3) is 0.538. The predicted octanol–water partition coefficient (Wildman–Crippen LogP) is 2.12. The van der Waals surface area contributed by atoms with Crippen molar-refractivity contribution < 1.29 is 4.74 Å². The quantitative estimate of drug-likeness (QED) is 0.772. The van der Waals surface area contributed by atoms with Crippen molar-refractivity contribution >= 4 is 5.69 Å². The van der Waals surface area contributed by atoms with Crippen molar-refractivity contribution in [3.8, 4) is 5.75 Å². The maximum Gasteiger partial charge on any atom is 0.121 e. The van der Waals surface area contributed by atoms with Gasteiger partial charge in [0.2, 0.25) is 0 Å². The van der Waals surface area contributed by atoms with Crippen LogP contribution in [0.15, 0.2) is 18.2 Å². The fourth-order valence-electron chi connectivity index (χ4n) is 2.01. The van der Waals surface area contributed by atoms with Crippen molar-refractivity contribution in [2.75, 3.05) is 26.4 Å². The zero-order chi connectivity index (χ0) is 11.5. The molecule has 0 unspecified atom stereocenters. The Morgan fingerprint density at radius 3 is 2.75 bits per heavy atom. The molecule has 2 rings (SSSR count). The van der Waals surface area contributed by atoms with E-state index < -0.39 is 0 Å². The number of rotatable bonds is 5. The first kappa shape index (κ1) is 11.3. The van der Waals surface area contributed by atoms with Gasteiger partial charge in [0.05, 0.1) is 7.11 Å². The third kappa shape index (κ3) is 3.14. The van der Waals surface area contributed by atoms with Crippen molar-refractivity contribution in [2.45, 2.75) is 19.4 Å². The Balaban J connectivity index is 1.98. The van der Waals surface area contributed by atoms with Crippen LogP contribution in [0.2, 0.25) is 0 Å². The van der Waals surface area contributed by atoms with Crippen molar-refractivity contribution in [1.82, 2.24) is 4.90 Å². The number of nitrogens with two attached hydrogens (primary N) is 1. The van der Waals surface area contributed by atoms with Crippen LogP contribution >= 0.6 is 0 Å². The first-order chi connectivity index (χ1) is 7.67. The average Bonchev–Trinajstić information content (AvgIpc) is 3.00. The second kappa shape index (κ2) is 4.74. The molecule has 0 atom stereocenters. The molecule has 2 N–H and O–H groups in total.